The third kappa shape index (κ3) is 5.54. The fourth-order valence-electron chi connectivity index (χ4n) is 0.486. The molecule has 1 nitrogen and oxygen atoms in total. The number of hydrogen-bond acceptors (Lipinski definition) is 1. The first-order chi connectivity index (χ1) is 3.91. The minimum absolute atomic E-state index is 1.14. The Morgan fingerprint density at radius 3 is 2.75 bits per heavy atom. The summed E-state index contributed by atoms with van der Waals surface area (Å²) in [6, 6.07) is 0. The second kappa shape index (κ2) is 6.54. The Labute approximate surface area is 51.4 Å². The van der Waals surface area contributed by atoms with Crippen molar-refractivity contribution in [1.29, 1.82) is 0 Å². The van der Waals surface area contributed by atoms with Gasteiger partial charge < -0.3 is 4.74 Å². The second-order valence-corrected chi connectivity index (χ2v) is 1.75. The molecule has 0 aliphatic carbocycles. The molecule has 0 rings (SSSR count). The van der Waals surface area contributed by atoms with Gasteiger partial charge in [0.15, 0.2) is 0 Å². The molecule has 0 aromatic rings. The van der Waals surface area contributed by atoms with Crippen molar-refractivity contribution in [3.05, 3.63) is 12.3 Å². The van der Waals surface area contributed by atoms with E-state index in [2.05, 4.69) is 6.92 Å². The fourth-order valence-corrected chi connectivity index (χ4v) is 0.486. The van der Waals surface area contributed by atoms with Crippen LogP contribution in [0.4, 0.5) is 0 Å². The molecule has 0 aliphatic heterocycles. The molecule has 0 spiro atoms. The molecule has 0 aromatic carbocycles. The lowest BCUT2D eigenvalue weighted by Gasteiger charge is -1.87. The van der Waals surface area contributed by atoms with Gasteiger partial charge in [0.1, 0.15) is 0 Å². The van der Waals surface area contributed by atoms with Crippen LogP contribution in [0.5, 0.6) is 0 Å². The molecule has 0 N–H and O–H groups in total. The zero-order valence-electron chi connectivity index (χ0n) is 5.68. The summed E-state index contributed by atoms with van der Waals surface area (Å²) in [7, 11) is 1.67. The SMILES string of the molecule is CCCCC=COC. The first-order valence-corrected chi connectivity index (χ1v) is 3.09. The predicted molar refractivity (Wildman–Crippen MR) is 35.7 cm³/mol. The van der Waals surface area contributed by atoms with Gasteiger partial charge in [-0.2, -0.15) is 0 Å². The largest absolute Gasteiger partial charge is 0.505 e. The van der Waals surface area contributed by atoms with Gasteiger partial charge in [0.25, 0.3) is 0 Å². The number of unbranched alkanes of at least 4 members (excludes halogenated alkanes) is 2. The van der Waals surface area contributed by atoms with Gasteiger partial charge in [-0.05, 0) is 18.9 Å². The topological polar surface area (TPSA) is 9.23 Å². The third-order valence-corrected chi connectivity index (χ3v) is 0.957. The lowest BCUT2D eigenvalue weighted by molar-refractivity contribution is 0.336. The summed E-state index contributed by atoms with van der Waals surface area (Å²) in [5.74, 6) is 0. The number of rotatable bonds is 4. The van der Waals surface area contributed by atoms with Crippen molar-refractivity contribution in [2.24, 2.45) is 0 Å². The first-order valence-electron chi connectivity index (χ1n) is 3.09. The monoisotopic (exact) mass is 114 g/mol. The van der Waals surface area contributed by atoms with E-state index in [9.17, 15) is 0 Å². The van der Waals surface area contributed by atoms with Crippen molar-refractivity contribution in [3.63, 3.8) is 0 Å². The Hall–Kier alpha value is -0.460. The van der Waals surface area contributed by atoms with Crippen molar-refractivity contribution in [2.75, 3.05) is 7.11 Å². The van der Waals surface area contributed by atoms with Crippen LogP contribution >= 0.6 is 0 Å². The Bertz CT molecular complexity index is 57.4. The van der Waals surface area contributed by atoms with Gasteiger partial charge in [0.2, 0.25) is 0 Å². The average molecular weight is 114 g/mol. The molecule has 0 radical (unpaired) electrons. The summed E-state index contributed by atoms with van der Waals surface area (Å²) >= 11 is 0. The van der Waals surface area contributed by atoms with Gasteiger partial charge in [-0.25, -0.2) is 0 Å². The summed E-state index contributed by atoms with van der Waals surface area (Å²) in [6.07, 6.45) is 7.44. The molecule has 0 fully saturated rings. The summed E-state index contributed by atoms with van der Waals surface area (Å²) in [4.78, 5) is 0. The maximum Gasteiger partial charge on any atom is 0.0784 e. The average Bonchev–Trinajstić information content (AvgIpc) is 1.81. The zero-order chi connectivity index (χ0) is 6.24. The van der Waals surface area contributed by atoms with E-state index in [1.165, 1.54) is 12.8 Å². The van der Waals surface area contributed by atoms with Crippen molar-refractivity contribution in [1.82, 2.24) is 0 Å². The van der Waals surface area contributed by atoms with Crippen molar-refractivity contribution < 1.29 is 4.74 Å². The molecular formula is C7H14O. The Morgan fingerprint density at radius 1 is 1.50 bits per heavy atom. The highest BCUT2D eigenvalue weighted by Crippen LogP contribution is 1.93. The maximum absolute atomic E-state index is 4.71. The second-order valence-electron chi connectivity index (χ2n) is 1.75. The van der Waals surface area contributed by atoms with E-state index >= 15 is 0 Å². The lowest BCUT2D eigenvalue weighted by atomic mass is 10.2. The molecular weight excluding hydrogens is 100 g/mol. The van der Waals surface area contributed by atoms with E-state index in [4.69, 9.17) is 4.74 Å². The molecule has 0 unspecified atom stereocenters. The minimum atomic E-state index is 1.14. The van der Waals surface area contributed by atoms with Crippen LogP contribution in [0.25, 0.3) is 0 Å². The van der Waals surface area contributed by atoms with Gasteiger partial charge >= 0.3 is 0 Å². The van der Waals surface area contributed by atoms with Crippen molar-refractivity contribution in [2.45, 2.75) is 26.2 Å². The fraction of sp³-hybridized carbons (Fsp3) is 0.714. The lowest BCUT2D eigenvalue weighted by Crippen LogP contribution is -1.68. The molecule has 1 heteroatoms. The van der Waals surface area contributed by atoms with E-state index in [1.807, 2.05) is 6.08 Å². The highest BCUT2D eigenvalue weighted by atomic mass is 16.5. The summed E-state index contributed by atoms with van der Waals surface area (Å²) in [5.41, 5.74) is 0. The normalized spacial score (nSPS) is 10.2. The van der Waals surface area contributed by atoms with Crippen LogP contribution in [0.1, 0.15) is 26.2 Å². The predicted octanol–water partition coefficient (Wildman–Crippen LogP) is 2.34. The molecule has 0 saturated heterocycles. The van der Waals surface area contributed by atoms with Gasteiger partial charge in [-0.3, -0.25) is 0 Å². The van der Waals surface area contributed by atoms with E-state index in [1.54, 1.807) is 13.4 Å². The minimum Gasteiger partial charge on any atom is -0.505 e. The van der Waals surface area contributed by atoms with Crippen molar-refractivity contribution >= 4 is 0 Å². The molecule has 0 heterocycles. The highest BCUT2D eigenvalue weighted by molar-refractivity contribution is 4.71. The summed E-state index contributed by atoms with van der Waals surface area (Å²) in [5, 5.41) is 0. The number of ether oxygens (including phenoxy) is 1. The van der Waals surface area contributed by atoms with Crippen LogP contribution in [0.3, 0.4) is 0 Å². The molecule has 0 aliphatic rings. The first kappa shape index (κ1) is 7.54. The number of hydrogen-bond donors (Lipinski definition) is 0. The standard InChI is InChI=1S/C7H14O/c1-3-4-5-6-7-8-2/h6-7H,3-5H2,1-2H3. The van der Waals surface area contributed by atoms with Gasteiger partial charge in [0, 0.05) is 0 Å². The van der Waals surface area contributed by atoms with E-state index < -0.39 is 0 Å². The number of allylic oxidation sites excluding steroid dienone is 1. The molecule has 0 atom stereocenters. The smallest absolute Gasteiger partial charge is 0.0784 e. The molecule has 0 bridgehead atoms. The Morgan fingerprint density at radius 2 is 2.25 bits per heavy atom. The van der Waals surface area contributed by atoms with Crippen LogP contribution in [0, 0.1) is 0 Å². The Kier molecular flexibility index (Phi) is 6.16. The van der Waals surface area contributed by atoms with Gasteiger partial charge in [-0.15, -0.1) is 0 Å². The summed E-state index contributed by atoms with van der Waals surface area (Å²) < 4.78 is 4.71. The van der Waals surface area contributed by atoms with E-state index in [-0.39, 0.29) is 0 Å². The number of methoxy groups -OCH3 is 1. The zero-order valence-corrected chi connectivity index (χ0v) is 5.68. The van der Waals surface area contributed by atoms with Crippen LogP contribution < -0.4 is 0 Å². The molecule has 48 valence electrons. The molecule has 0 saturated carbocycles. The molecule has 0 aromatic heterocycles. The summed E-state index contributed by atoms with van der Waals surface area (Å²) in [6.45, 7) is 2.18. The third-order valence-electron chi connectivity index (χ3n) is 0.957. The van der Waals surface area contributed by atoms with Gasteiger partial charge in [0.05, 0.1) is 13.4 Å². The Balaban J connectivity index is 2.80. The van der Waals surface area contributed by atoms with Crippen LogP contribution in [-0.2, 0) is 4.74 Å². The van der Waals surface area contributed by atoms with Crippen LogP contribution in [0.15, 0.2) is 12.3 Å². The van der Waals surface area contributed by atoms with Crippen LogP contribution in [-0.4, -0.2) is 7.11 Å². The molecule has 0 amide bonds. The van der Waals surface area contributed by atoms with Crippen molar-refractivity contribution in [3.8, 4) is 0 Å². The maximum atomic E-state index is 4.71. The molecule has 8 heavy (non-hydrogen) atoms. The van der Waals surface area contributed by atoms with E-state index in [0.29, 0.717) is 0 Å². The van der Waals surface area contributed by atoms with Crippen LogP contribution in [0.2, 0.25) is 0 Å². The quantitative estimate of drug-likeness (QED) is 0.402. The van der Waals surface area contributed by atoms with Gasteiger partial charge in [-0.1, -0.05) is 13.3 Å². The van der Waals surface area contributed by atoms with E-state index in [0.717, 1.165) is 6.42 Å². The highest BCUT2D eigenvalue weighted by Gasteiger charge is 1.74.